The van der Waals surface area contributed by atoms with E-state index in [2.05, 4.69) is 20.3 Å². The molecule has 0 saturated carbocycles. The number of Topliss-reactive ketones (excluding diaryl/α,β-unsaturated/α-hetero) is 1. The lowest BCUT2D eigenvalue weighted by Gasteiger charge is -2.12. The van der Waals surface area contributed by atoms with Crippen LogP contribution in [-0.2, 0) is 12.8 Å². The number of pyridine rings is 2. The molecule has 28 heavy (non-hydrogen) atoms. The van der Waals surface area contributed by atoms with Gasteiger partial charge >= 0.3 is 0 Å². The predicted octanol–water partition coefficient (Wildman–Crippen LogP) is 3.20. The largest absolute Gasteiger partial charge is 0.477 e. The van der Waals surface area contributed by atoms with E-state index < -0.39 is 0 Å². The molecule has 1 amide bonds. The molecule has 1 aliphatic carbocycles. The van der Waals surface area contributed by atoms with Crippen molar-refractivity contribution in [2.75, 3.05) is 11.9 Å². The Morgan fingerprint density at radius 1 is 1.18 bits per heavy atom. The first-order valence-electron chi connectivity index (χ1n) is 9.24. The molecule has 0 spiro atoms. The molecule has 0 aliphatic heterocycles. The summed E-state index contributed by atoms with van der Waals surface area (Å²) in [5.74, 6) is 0.170. The number of aromatic nitrogens is 3. The molecule has 0 atom stereocenters. The number of aromatic amines is 1. The molecule has 4 rings (SSSR count). The fourth-order valence-corrected chi connectivity index (χ4v) is 3.26. The van der Waals surface area contributed by atoms with E-state index in [1.54, 1.807) is 24.5 Å². The molecule has 0 fully saturated rings. The molecule has 7 nitrogen and oxygen atoms in total. The van der Waals surface area contributed by atoms with Gasteiger partial charge in [-0.05, 0) is 31.0 Å². The highest BCUT2D eigenvalue weighted by molar-refractivity contribution is 6.13. The highest BCUT2D eigenvalue weighted by Crippen LogP contribution is 2.24. The van der Waals surface area contributed by atoms with Crippen molar-refractivity contribution in [3.05, 3.63) is 71.4 Å². The summed E-state index contributed by atoms with van der Waals surface area (Å²) in [6.45, 7) is 0.466. The molecule has 0 saturated heterocycles. The van der Waals surface area contributed by atoms with Gasteiger partial charge in [0.1, 0.15) is 0 Å². The van der Waals surface area contributed by atoms with Gasteiger partial charge in [-0.25, -0.2) is 4.98 Å². The van der Waals surface area contributed by atoms with E-state index in [1.165, 1.54) is 6.20 Å². The summed E-state index contributed by atoms with van der Waals surface area (Å²) < 4.78 is 5.62. The number of anilines is 1. The number of nitrogens with zero attached hydrogens (tertiary/aromatic N) is 2. The van der Waals surface area contributed by atoms with Crippen LogP contribution in [0.5, 0.6) is 5.88 Å². The van der Waals surface area contributed by atoms with Gasteiger partial charge in [-0.3, -0.25) is 14.6 Å². The molecule has 0 radical (unpaired) electrons. The Kier molecular flexibility index (Phi) is 5.14. The number of rotatable bonds is 6. The number of carbonyl (C=O) groups excluding carboxylic acids is 2. The van der Waals surface area contributed by atoms with Gasteiger partial charge in [0.15, 0.2) is 5.78 Å². The number of carbonyl (C=O) groups is 2. The molecule has 3 aromatic heterocycles. The number of amides is 1. The Hall–Kier alpha value is -3.48. The fourth-order valence-electron chi connectivity index (χ4n) is 3.26. The van der Waals surface area contributed by atoms with Gasteiger partial charge in [-0.2, -0.15) is 0 Å². The molecule has 3 heterocycles. The second kappa shape index (κ2) is 8.04. The molecule has 0 aromatic carbocycles. The Labute approximate surface area is 162 Å². The van der Waals surface area contributed by atoms with Crippen molar-refractivity contribution in [2.45, 2.75) is 25.7 Å². The van der Waals surface area contributed by atoms with Gasteiger partial charge in [-0.1, -0.05) is 6.07 Å². The first kappa shape index (κ1) is 17.9. The molecule has 3 aromatic rings. The third kappa shape index (κ3) is 3.93. The summed E-state index contributed by atoms with van der Waals surface area (Å²) in [6.07, 6.45) is 7.67. The highest BCUT2D eigenvalue weighted by Gasteiger charge is 2.25. The summed E-state index contributed by atoms with van der Waals surface area (Å²) in [4.78, 5) is 36.2. The smallest absolute Gasteiger partial charge is 0.257 e. The molecule has 0 unspecified atom stereocenters. The van der Waals surface area contributed by atoms with Crippen LogP contribution in [0.4, 0.5) is 5.69 Å². The van der Waals surface area contributed by atoms with Crippen LogP contribution in [0.2, 0.25) is 0 Å². The zero-order chi connectivity index (χ0) is 19.3. The lowest BCUT2D eigenvalue weighted by molar-refractivity contribution is 0.0956. The molecule has 7 heteroatoms. The maximum Gasteiger partial charge on any atom is 0.257 e. The van der Waals surface area contributed by atoms with Gasteiger partial charge in [-0.15, -0.1) is 0 Å². The number of fused-ring (bicyclic) bond motifs is 1. The minimum absolute atomic E-state index is 0.0161. The summed E-state index contributed by atoms with van der Waals surface area (Å²) >= 11 is 0. The van der Waals surface area contributed by atoms with E-state index in [-0.39, 0.29) is 11.7 Å². The lowest BCUT2D eigenvalue weighted by atomic mass is 9.93. The number of hydrogen-bond donors (Lipinski definition) is 2. The average molecular weight is 376 g/mol. The van der Waals surface area contributed by atoms with E-state index in [4.69, 9.17) is 4.74 Å². The van der Waals surface area contributed by atoms with Crippen molar-refractivity contribution in [3.63, 3.8) is 0 Å². The van der Waals surface area contributed by atoms with Gasteiger partial charge < -0.3 is 15.0 Å². The molecular weight excluding hydrogens is 356 g/mol. The summed E-state index contributed by atoms with van der Waals surface area (Å²) in [7, 11) is 0. The highest BCUT2D eigenvalue weighted by atomic mass is 16.5. The zero-order valence-electron chi connectivity index (χ0n) is 15.3. The van der Waals surface area contributed by atoms with Crippen molar-refractivity contribution >= 4 is 17.4 Å². The lowest BCUT2D eigenvalue weighted by Crippen LogP contribution is -2.18. The normalized spacial score (nSPS) is 13.1. The number of aryl methyl sites for hydroxylation is 1. The second-order valence-corrected chi connectivity index (χ2v) is 6.59. The molecular formula is C21H20N4O3. The third-order valence-electron chi connectivity index (χ3n) is 4.64. The second-order valence-electron chi connectivity index (χ2n) is 6.59. The number of H-pyrrole nitrogens is 1. The number of ether oxygens (including phenoxy) is 1. The van der Waals surface area contributed by atoms with E-state index in [9.17, 15) is 9.59 Å². The first-order chi connectivity index (χ1) is 13.7. The van der Waals surface area contributed by atoms with Crippen molar-refractivity contribution in [1.29, 1.82) is 0 Å². The van der Waals surface area contributed by atoms with Crippen LogP contribution in [0.1, 0.15) is 44.9 Å². The van der Waals surface area contributed by atoms with Crippen molar-refractivity contribution in [2.24, 2.45) is 0 Å². The topological polar surface area (TPSA) is 97.0 Å². The summed E-state index contributed by atoms with van der Waals surface area (Å²) in [5.41, 5.74) is 3.24. The number of ketones is 1. The van der Waals surface area contributed by atoms with E-state index >= 15 is 0 Å². The van der Waals surface area contributed by atoms with Crippen molar-refractivity contribution in [3.8, 4) is 5.88 Å². The summed E-state index contributed by atoms with van der Waals surface area (Å²) in [5, 5.41) is 2.78. The van der Waals surface area contributed by atoms with Gasteiger partial charge in [0.25, 0.3) is 5.91 Å². The van der Waals surface area contributed by atoms with E-state index in [0.717, 1.165) is 24.2 Å². The summed E-state index contributed by atoms with van der Waals surface area (Å²) in [6, 6.07) is 9.18. The first-order valence-corrected chi connectivity index (χ1v) is 9.24. The maximum absolute atomic E-state index is 12.6. The van der Waals surface area contributed by atoms with Crippen molar-refractivity contribution in [1.82, 2.24) is 15.0 Å². The zero-order valence-corrected chi connectivity index (χ0v) is 15.3. The van der Waals surface area contributed by atoms with E-state index in [1.807, 2.05) is 18.2 Å². The van der Waals surface area contributed by atoms with Crippen LogP contribution < -0.4 is 10.1 Å². The number of hydrogen-bond acceptors (Lipinski definition) is 5. The van der Waals surface area contributed by atoms with Crippen LogP contribution in [-0.4, -0.2) is 33.2 Å². The SMILES string of the molecule is O=C(Nc1ccc(OCCc2ccccn2)nc1)c1c[nH]c2c1C(=O)CCC2. The average Bonchev–Trinajstić information content (AvgIpc) is 3.16. The monoisotopic (exact) mass is 376 g/mol. The Bertz CT molecular complexity index is 981. The molecule has 0 bridgehead atoms. The maximum atomic E-state index is 12.6. The van der Waals surface area contributed by atoms with Crippen LogP contribution in [0, 0.1) is 0 Å². The fraction of sp³-hybridized carbons (Fsp3) is 0.238. The van der Waals surface area contributed by atoms with Crippen molar-refractivity contribution < 1.29 is 14.3 Å². The molecule has 1 aliphatic rings. The van der Waals surface area contributed by atoms with Gasteiger partial charge in [0.05, 0.1) is 29.6 Å². The number of nitrogens with one attached hydrogen (secondary N) is 2. The third-order valence-corrected chi connectivity index (χ3v) is 4.64. The molecule has 2 N–H and O–H groups in total. The van der Waals surface area contributed by atoms with Gasteiger partial charge in [0.2, 0.25) is 5.88 Å². The Morgan fingerprint density at radius 2 is 2.11 bits per heavy atom. The van der Waals surface area contributed by atoms with E-state index in [0.29, 0.717) is 42.1 Å². The van der Waals surface area contributed by atoms with Crippen LogP contribution in [0.3, 0.4) is 0 Å². The quantitative estimate of drug-likeness (QED) is 0.689. The minimum Gasteiger partial charge on any atom is -0.477 e. The van der Waals surface area contributed by atoms with Gasteiger partial charge in [0, 0.05) is 42.7 Å². The van der Waals surface area contributed by atoms with Crippen LogP contribution in [0.25, 0.3) is 0 Å². The molecule has 142 valence electrons. The predicted molar refractivity (Wildman–Crippen MR) is 104 cm³/mol. The standard InChI is InChI=1S/C21H20N4O3/c26-18-6-3-5-17-20(18)16(13-23-17)21(27)25-15-7-8-19(24-12-15)28-11-9-14-4-1-2-10-22-14/h1-2,4,7-8,10,12-13,23H,3,5-6,9,11H2,(H,25,27). The Balaban J connectivity index is 1.35. The Morgan fingerprint density at radius 3 is 2.89 bits per heavy atom. The minimum atomic E-state index is -0.321. The van der Waals surface area contributed by atoms with Crippen LogP contribution >= 0.6 is 0 Å². The van der Waals surface area contributed by atoms with Crippen LogP contribution in [0.15, 0.2) is 48.9 Å².